The first-order valence-electron chi connectivity index (χ1n) is 11.5. The van der Waals surface area contributed by atoms with Crippen molar-refractivity contribution >= 4 is 28.3 Å². The van der Waals surface area contributed by atoms with Gasteiger partial charge >= 0.3 is 0 Å². The van der Waals surface area contributed by atoms with Gasteiger partial charge in [0.15, 0.2) is 5.65 Å². The topological polar surface area (TPSA) is 88.4 Å². The molecule has 0 radical (unpaired) electrons. The van der Waals surface area contributed by atoms with Gasteiger partial charge in [0.05, 0.1) is 22.2 Å². The van der Waals surface area contributed by atoms with Crippen molar-refractivity contribution in [3.8, 4) is 17.2 Å². The first kappa shape index (κ1) is 23.2. The molecule has 0 spiro atoms. The third-order valence-corrected chi connectivity index (χ3v) is 6.90. The predicted octanol–water partition coefficient (Wildman–Crippen LogP) is 5.03. The smallest absolute Gasteiger partial charge is 0.182 e. The normalized spacial score (nSPS) is 15.1. The lowest BCUT2D eigenvalue weighted by Crippen LogP contribution is -2.34. The van der Waals surface area contributed by atoms with E-state index >= 15 is 0 Å². The number of benzene rings is 1. The van der Waals surface area contributed by atoms with Crippen LogP contribution in [-0.2, 0) is 12.6 Å². The molecule has 5 rings (SSSR count). The summed E-state index contributed by atoms with van der Waals surface area (Å²) in [4.78, 5) is 6.68. The van der Waals surface area contributed by atoms with Crippen molar-refractivity contribution in [2.24, 2.45) is 7.05 Å². The molecule has 10 heteroatoms. The molecule has 3 aromatic heterocycles. The number of halogens is 2. The fourth-order valence-corrected chi connectivity index (χ4v) is 5.23. The average Bonchev–Trinajstić information content (AvgIpc) is 3.41. The van der Waals surface area contributed by atoms with Gasteiger partial charge in [-0.3, -0.25) is 0 Å². The third-order valence-electron chi connectivity index (χ3n) is 6.53. The number of nitrogens with zero attached hydrogens (tertiary/aromatic N) is 8. The van der Waals surface area contributed by atoms with Crippen LogP contribution in [0.3, 0.4) is 0 Å². The van der Waals surface area contributed by atoms with Crippen LogP contribution in [0.4, 0.5) is 10.1 Å². The number of piperidine rings is 1. The summed E-state index contributed by atoms with van der Waals surface area (Å²) in [6.45, 7) is 7.47. The summed E-state index contributed by atoms with van der Waals surface area (Å²) in [5, 5.41) is 23.9. The van der Waals surface area contributed by atoms with Gasteiger partial charge in [-0.05, 0) is 51.8 Å². The van der Waals surface area contributed by atoms with E-state index in [0.29, 0.717) is 51.7 Å². The van der Waals surface area contributed by atoms with Crippen LogP contribution in [0.5, 0.6) is 0 Å². The molecule has 0 N–H and O–H groups in total. The van der Waals surface area contributed by atoms with Crippen molar-refractivity contribution in [2.45, 2.75) is 45.1 Å². The predicted molar refractivity (Wildman–Crippen MR) is 133 cm³/mol. The Morgan fingerprint density at radius 2 is 1.91 bits per heavy atom. The highest BCUT2D eigenvalue weighted by molar-refractivity contribution is 6.34. The molecule has 0 saturated carbocycles. The van der Waals surface area contributed by atoms with Gasteiger partial charge in [0.25, 0.3) is 0 Å². The lowest BCUT2D eigenvalue weighted by molar-refractivity contribution is 0.358. The van der Waals surface area contributed by atoms with Crippen molar-refractivity contribution in [1.29, 1.82) is 5.26 Å². The van der Waals surface area contributed by atoms with Crippen LogP contribution < -0.4 is 4.90 Å². The maximum atomic E-state index is 14.6. The van der Waals surface area contributed by atoms with Crippen LogP contribution in [0.25, 0.3) is 22.2 Å². The van der Waals surface area contributed by atoms with Crippen molar-refractivity contribution in [3.05, 3.63) is 53.1 Å². The number of hydrogen-bond acceptors (Lipinski definition) is 6. The molecule has 1 aliphatic rings. The van der Waals surface area contributed by atoms with E-state index in [9.17, 15) is 9.65 Å². The number of rotatable bonds is 3. The molecular weight excluding hydrogens is 467 g/mol. The Bertz CT molecular complexity index is 1450. The van der Waals surface area contributed by atoms with E-state index in [2.05, 4.69) is 31.2 Å². The summed E-state index contributed by atoms with van der Waals surface area (Å²) in [5.41, 5.74) is 2.53. The Hall–Kier alpha value is -3.51. The van der Waals surface area contributed by atoms with Gasteiger partial charge in [-0.2, -0.15) is 10.4 Å². The Balaban J connectivity index is 1.56. The molecule has 1 aromatic carbocycles. The maximum Gasteiger partial charge on any atom is 0.182 e. The average molecular weight is 493 g/mol. The Morgan fingerprint density at radius 1 is 1.17 bits per heavy atom. The van der Waals surface area contributed by atoms with Crippen LogP contribution in [0.2, 0.25) is 5.15 Å². The minimum Gasteiger partial charge on any atom is -0.370 e. The highest BCUT2D eigenvalue weighted by atomic mass is 35.5. The van der Waals surface area contributed by atoms with Crippen LogP contribution in [0, 0.1) is 17.1 Å². The molecule has 1 saturated heterocycles. The van der Waals surface area contributed by atoms with E-state index in [-0.39, 0.29) is 11.5 Å². The monoisotopic (exact) mass is 492 g/mol. The molecule has 0 unspecified atom stereocenters. The molecule has 0 atom stereocenters. The molecule has 1 fully saturated rings. The summed E-state index contributed by atoms with van der Waals surface area (Å²) >= 11 is 6.67. The molecule has 1 aliphatic heterocycles. The first-order valence-corrected chi connectivity index (χ1v) is 11.9. The number of aryl methyl sites for hydroxylation is 1. The summed E-state index contributed by atoms with van der Waals surface area (Å²) in [7, 11) is 1.95. The highest BCUT2D eigenvalue weighted by Crippen LogP contribution is 2.39. The Labute approximate surface area is 208 Å². The molecule has 180 valence electrons. The Morgan fingerprint density at radius 3 is 2.54 bits per heavy atom. The summed E-state index contributed by atoms with van der Waals surface area (Å²) in [5.74, 6) is 0.781. The highest BCUT2D eigenvalue weighted by Gasteiger charge is 2.28. The van der Waals surface area contributed by atoms with Crippen molar-refractivity contribution in [2.75, 3.05) is 18.0 Å². The number of anilines is 1. The van der Waals surface area contributed by atoms with Crippen LogP contribution in [0.1, 0.15) is 50.9 Å². The van der Waals surface area contributed by atoms with Crippen LogP contribution in [0.15, 0.2) is 30.7 Å². The van der Waals surface area contributed by atoms with Gasteiger partial charge in [-0.15, -0.1) is 10.2 Å². The minimum atomic E-state index is -0.467. The van der Waals surface area contributed by atoms with Gasteiger partial charge in [-0.25, -0.2) is 14.1 Å². The number of aromatic nitrogens is 6. The zero-order valence-corrected chi connectivity index (χ0v) is 20.9. The number of fused-ring (bicyclic) bond motifs is 1. The minimum absolute atomic E-state index is 0.285. The molecular formula is C25H26ClFN8. The van der Waals surface area contributed by atoms with E-state index in [1.807, 2.05) is 38.5 Å². The third kappa shape index (κ3) is 4.12. The molecule has 0 bridgehead atoms. The zero-order chi connectivity index (χ0) is 24.9. The standard InChI is InChI=1S/C25H26ClFN8/c1-25(2,3)35-22(26)20-10-17(13-29-23(20)32-35)19-11-18(27)9-16(12-28)21(19)34-7-5-15(6-8-34)24-31-30-14-33(24)4/h9-11,13-15H,5-8H2,1-4H3. The number of nitriles is 1. The number of pyridine rings is 1. The summed E-state index contributed by atoms with van der Waals surface area (Å²) in [6.07, 6.45) is 5.10. The zero-order valence-electron chi connectivity index (χ0n) is 20.1. The molecule has 4 aromatic rings. The second-order valence-electron chi connectivity index (χ2n) is 9.99. The first-order chi connectivity index (χ1) is 16.7. The molecule has 4 heterocycles. The lowest BCUT2D eigenvalue weighted by Gasteiger charge is -2.35. The van der Waals surface area contributed by atoms with E-state index in [1.54, 1.807) is 17.2 Å². The Kier molecular flexibility index (Phi) is 5.72. The van der Waals surface area contributed by atoms with E-state index in [1.165, 1.54) is 12.1 Å². The van der Waals surface area contributed by atoms with Gasteiger partial charge in [-0.1, -0.05) is 11.6 Å². The van der Waals surface area contributed by atoms with Gasteiger partial charge in [0.2, 0.25) is 0 Å². The molecule has 8 nitrogen and oxygen atoms in total. The van der Waals surface area contributed by atoms with Gasteiger partial charge < -0.3 is 9.47 Å². The second-order valence-corrected chi connectivity index (χ2v) is 10.3. The number of hydrogen-bond donors (Lipinski definition) is 0. The van der Waals surface area contributed by atoms with Gasteiger partial charge in [0.1, 0.15) is 29.2 Å². The van der Waals surface area contributed by atoms with Crippen molar-refractivity contribution in [1.82, 2.24) is 29.5 Å². The molecule has 35 heavy (non-hydrogen) atoms. The van der Waals surface area contributed by atoms with E-state index in [4.69, 9.17) is 11.6 Å². The van der Waals surface area contributed by atoms with E-state index in [0.717, 1.165) is 18.7 Å². The van der Waals surface area contributed by atoms with Crippen LogP contribution >= 0.6 is 11.6 Å². The van der Waals surface area contributed by atoms with Gasteiger partial charge in [0, 0.05) is 43.4 Å². The van der Waals surface area contributed by atoms with Crippen LogP contribution in [-0.4, -0.2) is 42.6 Å². The maximum absolute atomic E-state index is 14.6. The van der Waals surface area contributed by atoms with Crippen molar-refractivity contribution in [3.63, 3.8) is 0 Å². The van der Waals surface area contributed by atoms with Crippen molar-refractivity contribution < 1.29 is 4.39 Å². The molecule has 0 aliphatic carbocycles. The van der Waals surface area contributed by atoms with E-state index < -0.39 is 5.82 Å². The lowest BCUT2D eigenvalue weighted by atomic mass is 9.93. The SMILES string of the molecule is Cn1cnnc1C1CCN(c2c(C#N)cc(F)cc2-c2cnc3nn(C(C)(C)C)c(Cl)c3c2)CC1. The fraction of sp³-hybridized carbons (Fsp3) is 0.400. The second kappa shape index (κ2) is 8.61. The quantitative estimate of drug-likeness (QED) is 0.398. The fourth-order valence-electron chi connectivity index (χ4n) is 4.80. The summed E-state index contributed by atoms with van der Waals surface area (Å²) in [6, 6.07) is 6.84. The largest absolute Gasteiger partial charge is 0.370 e. The molecule has 0 amide bonds. The summed E-state index contributed by atoms with van der Waals surface area (Å²) < 4.78 is 18.3.